The van der Waals surface area contributed by atoms with E-state index in [1.54, 1.807) is 11.8 Å². The highest BCUT2D eigenvalue weighted by Gasteiger charge is 2.25. The predicted octanol–water partition coefficient (Wildman–Crippen LogP) is 2.78. The Kier molecular flexibility index (Phi) is 5.60. The Morgan fingerprint density at radius 2 is 1.91 bits per heavy atom. The van der Waals surface area contributed by atoms with E-state index in [-0.39, 0.29) is 11.7 Å². The van der Waals surface area contributed by atoms with Crippen LogP contribution >= 0.6 is 11.6 Å². The van der Waals surface area contributed by atoms with Crippen molar-refractivity contribution < 1.29 is 18.7 Å². The zero-order valence-electron chi connectivity index (χ0n) is 12.3. The predicted molar refractivity (Wildman–Crippen MR) is 80.5 cm³/mol. The van der Waals surface area contributed by atoms with Gasteiger partial charge in [-0.25, -0.2) is 9.18 Å². The van der Waals surface area contributed by atoms with Crippen LogP contribution in [0.15, 0.2) is 18.2 Å². The molecule has 0 aromatic heterocycles. The van der Waals surface area contributed by atoms with Crippen molar-refractivity contribution >= 4 is 23.6 Å². The molecule has 120 valence electrons. The summed E-state index contributed by atoms with van der Waals surface area (Å²) in [6, 6.07) is 3.91. The first-order chi connectivity index (χ1) is 10.5. The average molecular weight is 329 g/mol. The van der Waals surface area contributed by atoms with Crippen molar-refractivity contribution in [3.63, 3.8) is 0 Å². The molecule has 1 aromatic carbocycles. The molecule has 0 unspecified atom stereocenters. The van der Waals surface area contributed by atoms with Gasteiger partial charge in [0, 0.05) is 31.2 Å². The zero-order valence-corrected chi connectivity index (χ0v) is 13.1. The van der Waals surface area contributed by atoms with Crippen LogP contribution in [0.25, 0.3) is 0 Å². The van der Waals surface area contributed by atoms with E-state index in [9.17, 15) is 14.0 Å². The average Bonchev–Trinajstić information content (AvgIpc) is 2.75. The lowest BCUT2D eigenvalue weighted by Gasteiger charge is -2.22. The summed E-state index contributed by atoms with van der Waals surface area (Å²) in [5, 5.41) is 0.313. The van der Waals surface area contributed by atoms with Gasteiger partial charge in [0.05, 0.1) is 12.2 Å². The van der Waals surface area contributed by atoms with E-state index in [1.807, 2.05) is 0 Å². The second-order valence-electron chi connectivity index (χ2n) is 4.96. The number of carbonyl (C=O) groups excluding carboxylic acids is 2. The van der Waals surface area contributed by atoms with Gasteiger partial charge in [-0.15, -0.1) is 0 Å². The molecule has 22 heavy (non-hydrogen) atoms. The highest BCUT2D eigenvalue weighted by molar-refractivity contribution is 6.31. The van der Waals surface area contributed by atoms with Crippen molar-refractivity contribution in [3.8, 4) is 0 Å². The number of hydrogen-bond acceptors (Lipinski definition) is 3. The number of benzene rings is 1. The van der Waals surface area contributed by atoms with E-state index in [0.717, 1.165) is 0 Å². The zero-order chi connectivity index (χ0) is 16.1. The van der Waals surface area contributed by atoms with Crippen LogP contribution in [-0.2, 0) is 4.74 Å². The number of amides is 2. The van der Waals surface area contributed by atoms with Crippen LogP contribution in [0.3, 0.4) is 0 Å². The molecule has 2 rings (SSSR count). The summed E-state index contributed by atoms with van der Waals surface area (Å²) in [7, 11) is 0. The van der Waals surface area contributed by atoms with E-state index in [4.69, 9.17) is 16.3 Å². The van der Waals surface area contributed by atoms with Gasteiger partial charge in [-0.05, 0) is 31.5 Å². The molecule has 1 heterocycles. The Balaban J connectivity index is 2.06. The van der Waals surface area contributed by atoms with Crippen LogP contribution in [0.2, 0.25) is 5.02 Å². The van der Waals surface area contributed by atoms with Crippen molar-refractivity contribution in [2.75, 3.05) is 32.8 Å². The van der Waals surface area contributed by atoms with Crippen LogP contribution in [0, 0.1) is 5.82 Å². The summed E-state index contributed by atoms with van der Waals surface area (Å²) >= 11 is 5.82. The Morgan fingerprint density at radius 3 is 2.64 bits per heavy atom. The molecule has 0 radical (unpaired) electrons. The van der Waals surface area contributed by atoms with Crippen molar-refractivity contribution in [2.45, 2.75) is 13.3 Å². The van der Waals surface area contributed by atoms with Crippen molar-refractivity contribution in [1.29, 1.82) is 0 Å². The van der Waals surface area contributed by atoms with Crippen LogP contribution in [0.5, 0.6) is 0 Å². The van der Waals surface area contributed by atoms with Gasteiger partial charge >= 0.3 is 6.09 Å². The van der Waals surface area contributed by atoms with Crippen LogP contribution in [0.1, 0.15) is 23.7 Å². The molecule has 0 spiro atoms. The Labute approximate surface area is 133 Å². The quantitative estimate of drug-likeness (QED) is 0.838. The molecular formula is C15H18ClFN2O3. The number of halogens is 2. The van der Waals surface area contributed by atoms with Crippen LogP contribution in [-0.4, -0.2) is 54.6 Å². The molecule has 0 N–H and O–H groups in total. The van der Waals surface area contributed by atoms with Gasteiger partial charge in [0.2, 0.25) is 0 Å². The van der Waals surface area contributed by atoms with Gasteiger partial charge in [-0.2, -0.15) is 0 Å². The molecule has 0 bridgehead atoms. The highest BCUT2D eigenvalue weighted by atomic mass is 35.5. The van der Waals surface area contributed by atoms with Gasteiger partial charge in [-0.1, -0.05) is 11.6 Å². The van der Waals surface area contributed by atoms with Gasteiger partial charge in [-0.3, -0.25) is 4.79 Å². The Morgan fingerprint density at radius 1 is 1.23 bits per heavy atom. The fourth-order valence-electron chi connectivity index (χ4n) is 2.35. The molecule has 5 nitrogen and oxygen atoms in total. The van der Waals surface area contributed by atoms with Gasteiger partial charge in [0.15, 0.2) is 0 Å². The first-order valence-electron chi connectivity index (χ1n) is 7.19. The number of ether oxygens (including phenoxy) is 1. The third kappa shape index (κ3) is 3.88. The van der Waals surface area contributed by atoms with E-state index < -0.39 is 11.7 Å². The highest BCUT2D eigenvalue weighted by Crippen LogP contribution is 2.18. The van der Waals surface area contributed by atoms with Gasteiger partial charge in [0.1, 0.15) is 5.82 Å². The second kappa shape index (κ2) is 7.45. The molecule has 1 fully saturated rings. The summed E-state index contributed by atoms with van der Waals surface area (Å²) < 4.78 is 18.7. The van der Waals surface area contributed by atoms with E-state index in [0.29, 0.717) is 44.2 Å². The normalized spacial score (nSPS) is 15.4. The molecule has 1 aromatic rings. The van der Waals surface area contributed by atoms with Gasteiger partial charge < -0.3 is 14.5 Å². The molecular weight excluding hydrogens is 311 g/mol. The molecule has 1 aliphatic heterocycles. The summed E-state index contributed by atoms with van der Waals surface area (Å²) in [6.07, 6.45) is 0.234. The summed E-state index contributed by atoms with van der Waals surface area (Å²) in [5.41, 5.74) is -0.0444. The molecule has 7 heteroatoms. The monoisotopic (exact) mass is 328 g/mol. The minimum atomic E-state index is -0.596. The lowest BCUT2D eigenvalue weighted by Crippen LogP contribution is -2.37. The first-order valence-corrected chi connectivity index (χ1v) is 7.56. The standard InChI is InChI=1S/C15H18ClFN2O3/c1-2-22-15(21)19-7-3-6-18(8-9-19)14(20)12-10-11(16)4-5-13(12)17/h4-5,10H,2-3,6-9H2,1H3. The van der Waals surface area contributed by atoms with Crippen molar-refractivity contribution in [2.24, 2.45) is 0 Å². The molecule has 1 aliphatic rings. The smallest absolute Gasteiger partial charge is 0.409 e. The number of nitrogens with zero attached hydrogens (tertiary/aromatic N) is 2. The van der Waals surface area contributed by atoms with Gasteiger partial charge in [0.25, 0.3) is 5.91 Å². The Bertz CT molecular complexity index is 568. The maximum atomic E-state index is 13.8. The fraction of sp³-hybridized carbons (Fsp3) is 0.467. The number of hydrogen-bond donors (Lipinski definition) is 0. The van der Waals surface area contributed by atoms with E-state index in [2.05, 4.69) is 0 Å². The fourth-order valence-corrected chi connectivity index (χ4v) is 2.52. The Hall–Kier alpha value is -1.82. The largest absolute Gasteiger partial charge is 0.450 e. The minimum Gasteiger partial charge on any atom is -0.450 e. The molecule has 1 saturated heterocycles. The number of carbonyl (C=O) groups is 2. The second-order valence-corrected chi connectivity index (χ2v) is 5.39. The third-order valence-electron chi connectivity index (χ3n) is 3.47. The molecule has 2 amide bonds. The lowest BCUT2D eigenvalue weighted by molar-refractivity contribution is 0.0749. The first kappa shape index (κ1) is 16.5. The number of rotatable bonds is 2. The summed E-state index contributed by atoms with van der Waals surface area (Å²) in [4.78, 5) is 27.2. The lowest BCUT2D eigenvalue weighted by atomic mass is 10.2. The molecule has 0 atom stereocenters. The minimum absolute atomic E-state index is 0.0444. The van der Waals surface area contributed by atoms with Crippen molar-refractivity contribution in [1.82, 2.24) is 9.80 Å². The van der Waals surface area contributed by atoms with Crippen molar-refractivity contribution in [3.05, 3.63) is 34.6 Å². The SMILES string of the molecule is CCOC(=O)N1CCCN(C(=O)c2cc(Cl)ccc2F)CC1. The van der Waals surface area contributed by atoms with E-state index >= 15 is 0 Å². The van der Waals surface area contributed by atoms with E-state index in [1.165, 1.54) is 23.1 Å². The maximum absolute atomic E-state index is 13.8. The topological polar surface area (TPSA) is 49.9 Å². The van der Waals surface area contributed by atoms with Crippen LogP contribution < -0.4 is 0 Å². The summed E-state index contributed by atoms with van der Waals surface area (Å²) in [6.45, 7) is 3.73. The van der Waals surface area contributed by atoms with Crippen LogP contribution in [0.4, 0.5) is 9.18 Å². The third-order valence-corrected chi connectivity index (χ3v) is 3.70. The molecule has 0 saturated carbocycles. The summed E-state index contributed by atoms with van der Waals surface area (Å²) in [5.74, 6) is -1.01. The molecule has 0 aliphatic carbocycles. The maximum Gasteiger partial charge on any atom is 0.409 e.